The van der Waals surface area contributed by atoms with Gasteiger partial charge in [0, 0.05) is 6.04 Å². The van der Waals surface area contributed by atoms with Crippen molar-refractivity contribution < 1.29 is 14.3 Å². The molecule has 0 spiro atoms. The van der Waals surface area contributed by atoms with E-state index in [0.29, 0.717) is 26.6 Å². The standard InChI is InChI=1S/C19H27N3O4S/c1-6-26-19(25)16-13(5)15-17(27-16)20-10-22(18(15)24)9-14(23)21-12(4)8-7-11(2)3/h10-12H,6-9H2,1-5H3,(H,21,23)/t12-/m1/s1. The number of ether oxygens (including phenoxy) is 1. The van der Waals surface area contributed by atoms with E-state index in [1.807, 2.05) is 6.92 Å². The molecule has 148 valence electrons. The number of rotatable bonds is 8. The Bertz CT molecular complexity index is 885. The van der Waals surface area contributed by atoms with Crippen molar-refractivity contribution in [1.29, 1.82) is 0 Å². The summed E-state index contributed by atoms with van der Waals surface area (Å²) < 4.78 is 6.31. The SMILES string of the molecule is CCOC(=O)c1sc2ncn(CC(=O)N[C@H](C)CCC(C)C)c(=O)c2c1C. The fraction of sp³-hybridized carbons (Fsp3) is 0.579. The number of aromatic nitrogens is 2. The van der Waals surface area contributed by atoms with Gasteiger partial charge in [-0.2, -0.15) is 0 Å². The highest BCUT2D eigenvalue weighted by Crippen LogP contribution is 2.27. The highest BCUT2D eigenvalue weighted by Gasteiger charge is 2.21. The van der Waals surface area contributed by atoms with E-state index in [2.05, 4.69) is 24.1 Å². The van der Waals surface area contributed by atoms with Crippen LogP contribution in [0, 0.1) is 12.8 Å². The van der Waals surface area contributed by atoms with Gasteiger partial charge in [-0.05, 0) is 45.1 Å². The third kappa shape index (κ3) is 5.15. The lowest BCUT2D eigenvalue weighted by atomic mass is 10.0. The molecule has 8 heteroatoms. The monoisotopic (exact) mass is 393 g/mol. The van der Waals surface area contributed by atoms with Gasteiger partial charge in [0.1, 0.15) is 16.3 Å². The smallest absolute Gasteiger partial charge is 0.348 e. The van der Waals surface area contributed by atoms with Crippen LogP contribution in [0.2, 0.25) is 0 Å². The number of amides is 1. The summed E-state index contributed by atoms with van der Waals surface area (Å²) in [7, 11) is 0. The van der Waals surface area contributed by atoms with Crippen LogP contribution in [0.4, 0.5) is 0 Å². The molecule has 2 aromatic heterocycles. The second-order valence-electron chi connectivity index (χ2n) is 7.07. The summed E-state index contributed by atoms with van der Waals surface area (Å²) in [4.78, 5) is 42.2. The molecule has 1 amide bonds. The van der Waals surface area contributed by atoms with Crippen molar-refractivity contribution in [3.63, 3.8) is 0 Å². The van der Waals surface area contributed by atoms with Gasteiger partial charge in [0.2, 0.25) is 5.91 Å². The number of hydrogen-bond acceptors (Lipinski definition) is 6. The highest BCUT2D eigenvalue weighted by atomic mass is 32.1. The fourth-order valence-corrected chi connectivity index (χ4v) is 3.83. The quantitative estimate of drug-likeness (QED) is 0.697. The summed E-state index contributed by atoms with van der Waals surface area (Å²) in [5.74, 6) is -0.109. The maximum atomic E-state index is 12.8. The van der Waals surface area contributed by atoms with Gasteiger partial charge in [-0.25, -0.2) is 9.78 Å². The van der Waals surface area contributed by atoms with Crippen LogP contribution in [0.3, 0.4) is 0 Å². The summed E-state index contributed by atoms with van der Waals surface area (Å²) in [6, 6.07) is 0.0468. The van der Waals surface area contributed by atoms with Gasteiger partial charge in [-0.15, -0.1) is 11.3 Å². The van der Waals surface area contributed by atoms with Crippen molar-refractivity contribution in [3.05, 3.63) is 27.1 Å². The number of nitrogens with one attached hydrogen (secondary N) is 1. The molecule has 2 rings (SSSR count). The summed E-state index contributed by atoms with van der Waals surface area (Å²) in [5.41, 5.74) is 0.222. The van der Waals surface area contributed by atoms with Crippen LogP contribution in [-0.4, -0.2) is 34.1 Å². The number of thiophene rings is 1. The van der Waals surface area contributed by atoms with Crippen molar-refractivity contribution in [3.8, 4) is 0 Å². The van der Waals surface area contributed by atoms with E-state index in [1.54, 1.807) is 13.8 Å². The maximum Gasteiger partial charge on any atom is 0.348 e. The third-order valence-electron chi connectivity index (χ3n) is 4.28. The van der Waals surface area contributed by atoms with E-state index >= 15 is 0 Å². The minimum Gasteiger partial charge on any atom is -0.462 e. The van der Waals surface area contributed by atoms with Crippen LogP contribution in [0.25, 0.3) is 10.2 Å². The van der Waals surface area contributed by atoms with E-state index in [-0.39, 0.29) is 30.7 Å². The Kier molecular flexibility index (Phi) is 7.12. The topological polar surface area (TPSA) is 90.3 Å². The van der Waals surface area contributed by atoms with Crippen molar-refractivity contribution in [2.45, 2.75) is 60.0 Å². The first-order valence-corrected chi connectivity index (χ1v) is 10.0. The van der Waals surface area contributed by atoms with Crippen molar-refractivity contribution in [2.24, 2.45) is 5.92 Å². The highest BCUT2D eigenvalue weighted by molar-refractivity contribution is 7.20. The van der Waals surface area contributed by atoms with E-state index in [9.17, 15) is 14.4 Å². The van der Waals surface area contributed by atoms with Gasteiger partial charge >= 0.3 is 5.97 Å². The predicted octanol–water partition coefficient (Wildman–Crippen LogP) is 2.88. The number of fused-ring (bicyclic) bond motifs is 1. The second kappa shape index (κ2) is 9.12. The molecule has 2 heterocycles. The molecule has 0 radical (unpaired) electrons. The first kappa shape index (κ1) is 21.1. The van der Waals surface area contributed by atoms with Gasteiger partial charge in [0.05, 0.1) is 18.3 Å². The molecule has 0 aliphatic rings. The van der Waals surface area contributed by atoms with E-state index in [1.165, 1.54) is 10.9 Å². The largest absolute Gasteiger partial charge is 0.462 e. The maximum absolute atomic E-state index is 12.8. The fourth-order valence-electron chi connectivity index (χ4n) is 2.79. The Morgan fingerprint density at radius 1 is 1.30 bits per heavy atom. The first-order valence-electron chi connectivity index (χ1n) is 9.19. The molecular weight excluding hydrogens is 366 g/mol. The molecule has 0 bridgehead atoms. The molecule has 1 atom stereocenters. The Balaban J connectivity index is 2.19. The predicted molar refractivity (Wildman–Crippen MR) is 106 cm³/mol. The van der Waals surface area contributed by atoms with Crippen LogP contribution in [0.5, 0.6) is 0 Å². The van der Waals surface area contributed by atoms with Gasteiger partial charge < -0.3 is 10.1 Å². The molecule has 0 saturated carbocycles. The molecule has 27 heavy (non-hydrogen) atoms. The molecule has 0 unspecified atom stereocenters. The molecule has 7 nitrogen and oxygen atoms in total. The summed E-state index contributed by atoms with van der Waals surface area (Å²) in [6.07, 6.45) is 3.27. The number of carbonyl (C=O) groups excluding carboxylic acids is 2. The summed E-state index contributed by atoms with van der Waals surface area (Å²) in [6.45, 7) is 9.83. The number of esters is 1. The van der Waals surface area contributed by atoms with Gasteiger partial charge in [0.25, 0.3) is 5.56 Å². The number of aryl methyl sites for hydroxylation is 1. The van der Waals surface area contributed by atoms with E-state index in [4.69, 9.17) is 4.74 Å². The van der Waals surface area contributed by atoms with E-state index in [0.717, 1.165) is 24.2 Å². The van der Waals surface area contributed by atoms with Crippen LogP contribution in [-0.2, 0) is 16.1 Å². The molecular formula is C19H27N3O4S. The Morgan fingerprint density at radius 2 is 2.00 bits per heavy atom. The average molecular weight is 394 g/mol. The Hall–Kier alpha value is -2.22. The third-order valence-corrected chi connectivity index (χ3v) is 5.46. The lowest BCUT2D eigenvalue weighted by molar-refractivity contribution is -0.122. The molecule has 0 aliphatic carbocycles. The van der Waals surface area contributed by atoms with Gasteiger partial charge in [-0.3, -0.25) is 14.2 Å². The summed E-state index contributed by atoms with van der Waals surface area (Å²) in [5, 5.41) is 3.28. The lowest BCUT2D eigenvalue weighted by Gasteiger charge is -2.15. The number of nitrogens with zero attached hydrogens (tertiary/aromatic N) is 2. The van der Waals surface area contributed by atoms with Crippen LogP contribution >= 0.6 is 11.3 Å². The van der Waals surface area contributed by atoms with Crippen LogP contribution in [0.15, 0.2) is 11.1 Å². The van der Waals surface area contributed by atoms with Gasteiger partial charge in [-0.1, -0.05) is 13.8 Å². The number of carbonyl (C=O) groups is 2. The molecule has 1 N–H and O–H groups in total. The average Bonchev–Trinajstić information content (AvgIpc) is 2.93. The van der Waals surface area contributed by atoms with Crippen molar-refractivity contribution in [1.82, 2.24) is 14.9 Å². The molecule has 0 fully saturated rings. The molecule has 2 aromatic rings. The molecule has 0 aromatic carbocycles. The minimum atomic E-state index is -0.458. The second-order valence-corrected chi connectivity index (χ2v) is 8.07. The zero-order valence-corrected chi connectivity index (χ0v) is 17.3. The Morgan fingerprint density at radius 3 is 2.63 bits per heavy atom. The lowest BCUT2D eigenvalue weighted by Crippen LogP contribution is -2.37. The Labute approximate surface area is 162 Å². The first-order chi connectivity index (χ1) is 12.7. The number of hydrogen-bond donors (Lipinski definition) is 1. The summed E-state index contributed by atoms with van der Waals surface area (Å²) >= 11 is 1.13. The minimum absolute atomic E-state index is 0.0468. The van der Waals surface area contributed by atoms with Crippen molar-refractivity contribution in [2.75, 3.05) is 6.61 Å². The zero-order valence-electron chi connectivity index (χ0n) is 16.5. The van der Waals surface area contributed by atoms with Crippen LogP contribution in [0.1, 0.15) is 55.8 Å². The normalized spacial score (nSPS) is 12.4. The zero-order chi connectivity index (χ0) is 20.1. The van der Waals surface area contributed by atoms with Gasteiger partial charge in [0.15, 0.2) is 0 Å². The van der Waals surface area contributed by atoms with E-state index < -0.39 is 5.97 Å². The molecule has 0 saturated heterocycles. The van der Waals surface area contributed by atoms with Crippen molar-refractivity contribution >= 4 is 33.4 Å². The van der Waals surface area contributed by atoms with Crippen LogP contribution < -0.4 is 10.9 Å². The molecule has 0 aliphatic heterocycles.